The highest BCUT2D eigenvalue weighted by atomic mass is 19.4. The average molecular weight is 443 g/mol. The number of carbonyl (C=O) groups excluding carboxylic acids is 1. The van der Waals surface area contributed by atoms with Gasteiger partial charge in [0.1, 0.15) is 0 Å². The Balaban J connectivity index is 1.27. The number of rotatable bonds is 6. The maximum Gasteiger partial charge on any atom is 0.435 e. The van der Waals surface area contributed by atoms with Gasteiger partial charge in [0.25, 0.3) is 5.91 Å². The first-order valence-electron chi connectivity index (χ1n) is 10.5. The number of hydrogen-bond donors (Lipinski definition) is 0. The van der Waals surface area contributed by atoms with Gasteiger partial charge >= 0.3 is 6.18 Å². The van der Waals surface area contributed by atoms with Crippen LogP contribution in [0.3, 0.4) is 0 Å². The van der Waals surface area contributed by atoms with E-state index in [0.29, 0.717) is 25.3 Å². The zero-order valence-electron chi connectivity index (χ0n) is 17.5. The molecule has 0 radical (unpaired) electrons. The SMILES string of the molecule is O=C(c1ccc(Cn2ccc(C(F)(F)F)n2)cc1)N1CCC(OCc2ccccc2)CC1. The van der Waals surface area contributed by atoms with Crippen molar-refractivity contribution in [3.8, 4) is 0 Å². The van der Waals surface area contributed by atoms with Gasteiger partial charge in [-0.25, -0.2) is 0 Å². The lowest BCUT2D eigenvalue weighted by molar-refractivity contribution is -0.141. The third-order valence-corrected chi connectivity index (χ3v) is 5.53. The summed E-state index contributed by atoms with van der Waals surface area (Å²) < 4.78 is 45.3. The Morgan fingerprint density at radius 3 is 2.28 bits per heavy atom. The van der Waals surface area contributed by atoms with Crippen LogP contribution < -0.4 is 0 Å². The zero-order valence-corrected chi connectivity index (χ0v) is 17.5. The first-order chi connectivity index (χ1) is 15.4. The number of ether oxygens (including phenoxy) is 1. The van der Waals surface area contributed by atoms with Crippen LogP contribution in [0.5, 0.6) is 0 Å². The van der Waals surface area contributed by atoms with E-state index in [-0.39, 0.29) is 18.6 Å². The molecule has 5 nitrogen and oxygen atoms in total. The standard InChI is InChI=1S/C24H24F3N3O2/c25-24(26,27)22-12-15-30(28-22)16-18-6-8-20(9-7-18)23(31)29-13-10-21(11-14-29)32-17-19-4-2-1-3-5-19/h1-9,12,15,21H,10-11,13-14,16-17H2. The lowest BCUT2D eigenvalue weighted by Gasteiger charge is -2.32. The van der Waals surface area contributed by atoms with Gasteiger partial charge in [-0.05, 0) is 42.2 Å². The molecule has 1 fully saturated rings. The predicted molar refractivity (Wildman–Crippen MR) is 113 cm³/mol. The molecule has 32 heavy (non-hydrogen) atoms. The van der Waals surface area contributed by atoms with Crippen LogP contribution >= 0.6 is 0 Å². The number of amides is 1. The van der Waals surface area contributed by atoms with Crippen molar-refractivity contribution in [3.63, 3.8) is 0 Å². The summed E-state index contributed by atoms with van der Waals surface area (Å²) in [4.78, 5) is 14.6. The van der Waals surface area contributed by atoms with Crippen molar-refractivity contribution in [3.05, 3.63) is 89.2 Å². The molecule has 0 atom stereocenters. The molecule has 1 aromatic heterocycles. The van der Waals surface area contributed by atoms with Crippen molar-refractivity contribution in [2.75, 3.05) is 13.1 Å². The Morgan fingerprint density at radius 1 is 0.969 bits per heavy atom. The second-order valence-electron chi connectivity index (χ2n) is 7.88. The van der Waals surface area contributed by atoms with E-state index in [9.17, 15) is 18.0 Å². The van der Waals surface area contributed by atoms with Gasteiger partial charge in [0, 0.05) is 24.8 Å². The second kappa shape index (κ2) is 9.56. The number of likely N-dealkylation sites (tertiary alicyclic amines) is 1. The van der Waals surface area contributed by atoms with E-state index in [2.05, 4.69) is 5.10 Å². The van der Waals surface area contributed by atoms with Crippen molar-refractivity contribution in [1.29, 1.82) is 0 Å². The van der Waals surface area contributed by atoms with Gasteiger partial charge in [0.05, 0.1) is 19.3 Å². The highest BCUT2D eigenvalue weighted by Crippen LogP contribution is 2.27. The topological polar surface area (TPSA) is 47.4 Å². The summed E-state index contributed by atoms with van der Waals surface area (Å²) in [5, 5.41) is 3.55. The molecule has 1 aliphatic rings. The van der Waals surface area contributed by atoms with Crippen molar-refractivity contribution in [1.82, 2.24) is 14.7 Å². The molecule has 0 unspecified atom stereocenters. The molecule has 2 heterocycles. The zero-order chi connectivity index (χ0) is 22.6. The third kappa shape index (κ3) is 5.56. The normalized spacial score (nSPS) is 15.2. The molecule has 168 valence electrons. The minimum atomic E-state index is -4.46. The summed E-state index contributed by atoms with van der Waals surface area (Å²) in [6.07, 6.45) is -1.44. The van der Waals surface area contributed by atoms with Crippen molar-refractivity contribution in [2.45, 2.75) is 38.3 Å². The quantitative estimate of drug-likeness (QED) is 0.551. The lowest BCUT2D eigenvalue weighted by atomic mass is 10.1. The lowest BCUT2D eigenvalue weighted by Crippen LogP contribution is -2.40. The summed E-state index contributed by atoms with van der Waals surface area (Å²) in [5.41, 5.74) is 1.55. The second-order valence-corrected chi connectivity index (χ2v) is 7.88. The van der Waals surface area contributed by atoms with Crippen LogP contribution in [0.2, 0.25) is 0 Å². The highest BCUT2D eigenvalue weighted by Gasteiger charge is 2.33. The van der Waals surface area contributed by atoms with E-state index in [1.807, 2.05) is 35.2 Å². The Hall–Kier alpha value is -3.13. The summed E-state index contributed by atoms with van der Waals surface area (Å²) in [7, 11) is 0. The van der Waals surface area contributed by atoms with E-state index in [1.165, 1.54) is 10.9 Å². The van der Waals surface area contributed by atoms with E-state index in [1.54, 1.807) is 24.3 Å². The fraction of sp³-hybridized carbons (Fsp3) is 0.333. The smallest absolute Gasteiger partial charge is 0.373 e. The molecule has 1 saturated heterocycles. The molecule has 1 aliphatic heterocycles. The molecule has 0 bridgehead atoms. The Morgan fingerprint density at radius 2 is 1.66 bits per heavy atom. The number of aromatic nitrogens is 2. The monoisotopic (exact) mass is 443 g/mol. The number of carbonyl (C=O) groups is 1. The fourth-order valence-electron chi connectivity index (χ4n) is 3.74. The van der Waals surface area contributed by atoms with Crippen molar-refractivity contribution in [2.24, 2.45) is 0 Å². The maximum atomic E-state index is 12.8. The maximum absolute atomic E-state index is 12.8. The Labute approximate surface area is 184 Å². The van der Waals surface area contributed by atoms with Crippen LogP contribution in [0.4, 0.5) is 13.2 Å². The average Bonchev–Trinajstić information content (AvgIpc) is 3.28. The van der Waals surface area contributed by atoms with Crippen LogP contribution in [0.15, 0.2) is 66.9 Å². The number of benzene rings is 2. The summed E-state index contributed by atoms with van der Waals surface area (Å²) in [6.45, 7) is 2.04. The summed E-state index contributed by atoms with van der Waals surface area (Å²) in [6, 6.07) is 17.9. The van der Waals surface area contributed by atoms with Crippen molar-refractivity contribution >= 4 is 5.91 Å². The van der Waals surface area contributed by atoms with Gasteiger partial charge in [0.15, 0.2) is 5.69 Å². The molecular weight excluding hydrogens is 419 g/mol. The molecule has 0 spiro atoms. The molecule has 8 heteroatoms. The van der Waals surface area contributed by atoms with Gasteiger partial charge in [-0.15, -0.1) is 0 Å². The third-order valence-electron chi connectivity index (χ3n) is 5.53. The van der Waals surface area contributed by atoms with Crippen LogP contribution in [-0.2, 0) is 24.1 Å². The fourth-order valence-corrected chi connectivity index (χ4v) is 3.74. The van der Waals surface area contributed by atoms with Crippen LogP contribution in [-0.4, -0.2) is 39.8 Å². The van der Waals surface area contributed by atoms with Gasteiger partial charge in [-0.2, -0.15) is 18.3 Å². The number of halogens is 3. The number of nitrogens with zero attached hydrogens (tertiary/aromatic N) is 3. The van der Waals surface area contributed by atoms with Crippen LogP contribution in [0.1, 0.15) is 40.0 Å². The van der Waals surface area contributed by atoms with Crippen molar-refractivity contribution < 1.29 is 22.7 Å². The number of piperidine rings is 1. The molecular formula is C24H24F3N3O2. The Kier molecular flexibility index (Phi) is 6.60. The van der Waals surface area contributed by atoms with E-state index in [0.717, 1.165) is 30.0 Å². The molecule has 3 aromatic rings. The van der Waals surface area contributed by atoms with Gasteiger partial charge in [-0.1, -0.05) is 42.5 Å². The van der Waals surface area contributed by atoms with E-state index in [4.69, 9.17) is 4.74 Å². The first-order valence-corrected chi connectivity index (χ1v) is 10.5. The molecule has 0 N–H and O–H groups in total. The predicted octanol–water partition coefficient (Wildman–Crippen LogP) is 4.77. The molecule has 4 rings (SSSR count). The molecule has 0 saturated carbocycles. The minimum absolute atomic E-state index is 0.0449. The minimum Gasteiger partial charge on any atom is -0.373 e. The Bertz CT molecular complexity index is 1020. The van der Waals surface area contributed by atoms with E-state index >= 15 is 0 Å². The molecule has 1 amide bonds. The largest absolute Gasteiger partial charge is 0.435 e. The number of hydrogen-bond acceptors (Lipinski definition) is 3. The first kappa shape index (κ1) is 22.1. The van der Waals surface area contributed by atoms with Gasteiger partial charge in [0.2, 0.25) is 0 Å². The highest BCUT2D eigenvalue weighted by molar-refractivity contribution is 5.94. The number of alkyl halides is 3. The molecule has 0 aliphatic carbocycles. The summed E-state index contributed by atoms with van der Waals surface area (Å²) in [5.74, 6) is -0.0449. The van der Waals surface area contributed by atoms with Gasteiger partial charge in [-0.3, -0.25) is 9.48 Å². The van der Waals surface area contributed by atoms with Crippen LogP contribution in [0, 0.1) is 0 Å². The van der Waals surface area contributed by atoms with Gasteiger partial charge < -0.3 is 9.64 Å². The summed E-state index contributed by atoms with van der Waals surface area (Å²) >= 11 is 0. The van der Waals surface area contributed by atoms with E-state index < -0.39 is 11.9 Å². The molecule has 2 aromatic carbocycles. The van der Waals surface area contributed by atoms with Crippen LogP contribution in [0.25, 0.3) is 0 Å².